The molecule has 2 heterocycles. The lowest BCUT2D eigenvalue weighted by Crippen LogP contribution is -2.42. The molecule has 31 heavy (non-hydrogen) atoms. The van der Waals surface area contributed by atoms with Gasteiger partial charge in [-0.3, -0.25) is 0 Å². The van der Waals surface area contributed by atoms with Crippen molar-refractivity contribution < 1.29 is 14.9 Å². The normalized spacial score (nSPS) is 21.6. The van der Waals surface area contributed by atoms with E-state index in [0.717, 1.165) is 50.0 Å². The van der Waals surface area contributed by atoms with E-state index in [9.17, 15) is 10.2 Å². The number of nitrogens with one attached hydrogen (secondary N) is 1. The second-order valence-electron chi connectivity index (χ2n) is 8.34. The highest BCUT2D eigenvalue weighted by Crippen LogP contribution is 2.42. The third-order valence-corrected chi connectivity index (χ3v) is 6.50. The van der Waals surface area contributed by atoms with Gasteiger partial charge >= 0.3 is 0 Å². The SMILES string of the molecule is Br.Br.CNC[C@@H]1O[C@H](C2CCN(CCc3ccccc3)CC2)Cc2c1ccc(O)c2O. The van der Waals surface area contributed by atoms with Gasteiger partial charge in [-0.15, -0.1) is 34.0 Å². The maximum Gasteiger partial charge on any atom is 0.161 e. The standard InChI is InChI=1S/C24H32N2O3.2BrH/c1-25-16-23-19-7-8-21(27)24(28)20(19)15-22(29-23)18-10-13-26(14-11-18)12-9-17-5-3-2-4-6-17;;/h2-8,18,22-23,25,27-28H,9-16H2,1H3;2*1H/t22-,23-;;/m0../s1. The Morgan fingerprint density at radius 3 is 2.42 bits per heavy atom. The van der Waals surface area contributed by atoms with Crippen molar-refractivity contribution in [1.29, 1.82) is 0 Å². The Hall–Kier alpha value is -1.12. The van der Waals surface area contributed by atoms with E-state index in [1.54, 1.807) is 6.07 Å². The topological polar surface area (TPSA) is 65.0 Å². The summed E-state index contributed by atoms with van der Waals surface area (Å²) in [4.78, 5) is 2.55. The predicted molar refractivity (Wildman–Crippen MR) is 135 cm³/mol. The number of piperidine rings is 1. The smallest absolute Gasteiger partial charge is 0.161 e. The summed E-state index contributed by atoms with van der Waals surface area (Å²) in [5.41, 5.74) is 3.24. The van der Waals surface area contributed by atoms with E-state index in [4.69, 9.17) is 4.74 Å². The second-order valence-corrected chi connectivity index (χ2v) is 8.34. The highest BCUT2D eigenvalue weighted by molar-refractivity contribution is 8.93. The summed E-state index contributed by atoms with van der Waals surface area (Å²) >= 11 is 0. The third kappa shape index (κ3) is 6.23. The molecular formula is C24H34Br2N2O3. The molecule has 4 rings (SSSR count). The summed E-state index contributed by atoms with van der Waals surface area (Å²) < 4.78 is 6.48. The van der Waals surface area contributed by atoms with E-state index in [-0.39, 0.29) is 57.7 Å². The third-order valence-electron chi connectivity index (χ3n) is 6.50. The summed E-state index contributed by atoms with van der Waals surface area (Å²) in [6.45, 7) is 3.98. The van der Waals surface area contributed by atoms with Gasteiger partial charge in [0.25, 0.3) is 0 Å². The van der Waals surface area contributed by atoms with Crippen molar-refractivity contribution in [1.82, 2.24) is 10.2 Å². The lowest BCUT2D eigenvalue weighted by molar-refractivity contribution is -0.0670. The van der Waals surface area contributed by atoms with Gasteiger partial charge in [0.15, 0.2) is 11.5 Å². The first kappa shape index (κ1) is 26.1. The zero-order valence-electron chi connectivity index (χ0n) is 18.0. The quantitative estimate of drug-likeness (QED) is 0.459. The molecule has 2 aromatic carbocycles. The number of ether oxygens (including phenoxy) is 1. The van der Waals surface area contributed by atoms with Crippen LogP contribution in [0.5, 0.6) is 11.5 Å². The number of aromatic hydroxyl groups is 2. The van der Waals surface area contributed by atoms with Gasteiger partial charge in [-0.05, 0) is 62.5 Å². The van der Waals surface area contributed by atoms with Gasteiger partial charge in [0.05, 0.1) is 12.2 Å². The van der Waals surface area contributed by atoms with Crippen LogP contribution in [0.2, 0.25) is 0 Å². The summed E-state index contributed by atoms with van der Waals surface area (Å²) in [6.07, 6.45) is 3.99. The van der Waals surface area contributed by atoms with Crippen molar-refractivity contribution in [2.24, 2.45) is 5.92 Å². The minimum atomic E-state index is -0.0867. The van der Waals surface area contributed by atoms with E-state index in [0.29, 0.717) is 18.9 Å². The van der Waals surface area contributed by atoms with E-state index in [1.165, 1.54) is 5.56 Å². The lowest BCUT2D eigenvalue weighted by Gasteiger charge is -2.40. The molecule has 0 radical (unpaired) electrons. The Labute approximate surface area is 206 Å². The molecule has 0 aliphatic carbocycles. The Morgan fingerprint density at radius 2 is 1.74 bits per heavy atom. The molecule has 0 unspecified atom stereocenters. The Morgan fingerprint density at radius 1 is 1.03 bits per heavy atom. The number of halogens is 2. The molecule has 0 amide bonds. The molecule has 0 bridgehead atoms. The first-order valence-corrected chi connectivity index (χ1v) is 10.8. The molecule has 1 saturated heterocycles. The maximum absolute atomic E-state index is 10.4. The molecule has 0 saturated carbocycles. The molecule has 5 nitrogen and oxygen atoms in total. The van der Waals surface area contributed by atoms with Crippen LogP contribution < -0.4 is 5.32 Å². The van der Waals surface area contributed by atoms with Gasteiger partial charge in [-0.25, -0.2) is 0 Å². The van der Waals surface area contributed by atoms with E-state index in [1.807, 2.05) is 13.1 Å². The van der Waals surface area contributed by atoms with Crippen molar-refractivity contribution in [2.45, 2.75) is 37.9 Å². The molecule has 7 heteroatoms. The summed E-state index contributed by atoms with van der Waals surface area (Å²) in [7, 11) is 1.91. The molecule has 3 N–H and O–H groups in total. The van der Waals surface area contributed by atoms with Gasteiger partial charge in [0, 0.05) is 25.1 Å². The Kier molecular flexibility index (Phi) is 10.3. The van der Waals surface area contributed by atoms with Crippen LogP contribution in [0.3, 0.4) is 0 Å². The number of benzene rings is 2. The van der Waals surface area contributed by atoms with Crippen LogP contribution in [-0.4, -0.2) is 54.4 Å². The highest BCUT2D eigenvalue weighted by atomic mass is 79.9. The Bertz CT molecular complexity index is 814. The number of likely N-dealkylation sites (N-methyl/N-ethyl adjacent to an activating group) is 1. The van der Waals surface area contributed by atoms with Crippen molar-refractivity contribution in [3.05, 3.63) is 59.2 Å². The second kappa shape index (κ2) is 12.2. The van der Waals surface area contributed by atoms with Crippen LogP contribution in [0.25, 0.3) is 0 Å². The zero-order chi connectivity index (χ0) is 20.2. The van der Waals surface area contributed by atoms with E-state index in [2.05, 4.69) is 40.5 Å². The van der Waals surface area contributed by atoms with Gasteiger partial charge < -0.3 is 25.2 Å². The molecule has 172 valence electrons. The molecule has 2 aromatic rings. The summed E-state index contributed by atoms with van der Waals surface area (Å²) in [5, 5.41) is 23.6. The average Bonchev–Trinajstić information content (AvgIpc) is 2.76. The van der Waals surface area contributed by atoms with Crippen molar-refractivity contribution in [3.8, 4) is 11.5 Å². The van der Waals surface area contributed by atoms with E-state index < -0.39 is 0 Å². The first-order valence-electron chi connectivity index (χ1n) is 10.8. The maximum atomic E-state index is 10.4. The predicted octanol–water partition coefficient (Wildman–Crippen LogP) is 4.41. The van der Waals surface area contributed by atoms with Gasteiger partial charge in [-0.1, -0.05) is 36.4 Å². The number of rotatable bonds is 6. The Balaban J connectivity index is 0.00000171. The number of hydrogen-bond acceptors (Lipinski definition) is 5. The van der Waals surface area contributed by atoms with Crippen LogP contribution in [0.1, 0.15) is 35.6 Å². The largest absolute Gasteiger partial charge is 0.504 e. The molecule has 0 spiro atoms. The van der Waals surface area contributed by atoms with Crippen LogP contribution >= 0.6 is 34.0 Å². The fraction of sp³-hybridized carbons (Fsp3) is 0.500. The lowest BCUT2D eigenvalue weighted by atomic mass is 9.83. The molecule has 0 aromatic heterocycles. The summed E-state index contributed by atoms with van der Waals surface area (Å²) in [6, 6.07) is 14.1. The van der Waals surface area contributed by atoms with Crippen LogP contribution in [0.4, 0.5) is 0 Å². The van der Waals surface area contributed by atoms with Crippen LogP contribution in [-0.2, 0) is 17.6 Å². The molecular weight excluding hydrogens is 524 g/mol. The fourth-order valence-electron chi connectivity index (χ4n) is 4.79. The number of nitrogens with zero attached hydrogens (tertiary/aromatic N) is 1. The molecule has 2 aliphatic rings. The average molecular weight is 558 g/mol. The zero-order valence-corrected chi connectivity index (χ0v) is 21.4. The fourth-order valence-corrected chi connectivity index (χ4v) is 4.79. The number of likely N-dealkylation sites (tertiary alicyclic amines) is 1. The first-order chi connectivity index (χ1) is 14.2. The minimum absolute atomic E-state index is 0. The molecule has 1 fully saturated rings. The number of fused-ring (bicyclic) bond motifs is 1. The monoisotopic (exact) mass is 556 g/mol. The summed E-state index contributed by atoms with van der Waals surface area (Å²) in [5.74, 6) is 0.470. The number of phenolic OH excluding ortho intramolecular Hbond substituents is 2. The minimum Gasteiger partial charge on any atom is -0.504 e. The van der Waals surface area contributed by atoms with Gasteiger partial charge in [-0.2, -0.15) is 0 Å². The van der Waals surface area contributed by atoms with Gasteiger partial charge in [0.2, 0.25) is 0 Å². The van der Waals surface area contributed by atoms with Crippen LogP contribution in [0.15, 0.2) is 42.5 Å². The number of phenols is 2. The van der Waals surface area contributed by atoms with Crippen LogP contribution in [0, 0.1) is 5.92 Å². The van der Waals surface area contributed by atoms with Gasteiger partial charge in [0.1, 0.15) is 0 Å². The number of hydrogen-bond donors (Lipinski definition) is 3. The van der Waals surface area contributed by atoms with Crippen molar-refractivity contribution in [3.63, 3.8) is 0 Å². The van der Waals surface area contributed by atoms with Crippen molar-refractivity contribution >= 4 is 34.0 Å². The van der Waals surface area contributed by atoms with Crippen molar-refractivity contribution in [2.75, 3.05) is 33.2 Å². The molecule has 2 atom stereocenters. The highest BCUT2D eigenvalue weighted by Gasteiger charge is 2.35. The van der Waals surface area contributed by atoms with E-state index >= 15 is 0 Å². The molecule has 2 aliphatic heterocycles.